The minimum absolute atomic E-state index is 0.395. The molecule has 0 saturated heterocycles. The van der Waals surface area contributed by atoms with Crippen LogP contribution < -0.4 is 5.32 Å². The molecule has 0 spiro atoms. The first-order chi connectivity index (χ1) is 9.74. The van der Waals surface area contributed by atoms with Crippen molar-refractivity contribution in [2.45, 2.75) is 39.7 Å². The van der Waals surface area contributed by atoms with Gasteiger partial charge in [-0.25, -0.2) is 0 Å². The van der Waals surface area contributed by atoms with Crippen molar-refractivity contribution in [3.8, 4) is 0 Å². The monoisotopic (exact) mass is 267 g/mol. The molecule has 1 N–H and O–H groups in total. The average Bonchev–Trinajstić information content (AvgIpc) is 2.49. The quantitative estimate of drug-likeness (QED) is 0.815. The van der Waals surface area contributed by atoms with Gasteiger partial charge in [0.15, 0.2) is 0 Å². The van der Waals surface area contributed by atoms with E-state index < -0.39 is 0 Å². The Hall–Kier alpha value is -1.60. The summed E-state index contributed by atoms with van der Waals surface area (Å²) in [5.41, 5.74) is 5.59. The zero-order valence-corrected chi connectivity index (χ0v) is 12.8. The molecule has 1 atom stereocenters. The van der Waals surface area contributed by atoms with Crippen LogP contribution in [0.4, 0.5) is 0 Å². The standard InChI is InChI=1S/C19H25N/c1-4-16-10-12-17(13-11-16)19(20-5-2)14-18-9-7-6-8-15(18)3/h6-13,19-20H,4-5,14H2,1-3H3. The van der Waals surface area contributed by atoms with Crippen LogP contribution in [0.1, 0.15) is 42.1 Å². The fourth-order valence-electron chi connectivity index (χ4n) is 2.60. The number of rotatable bonds is 6. The third-order valence-corrected chi connectivity index (χ3v) is 3.93. The van der Waals surface area contributed by atoms with Crippen molar-refractivity contribution in [2.75, 3.05) is 6.54 Å². The summed E-state index contributed by atoms with van der Waals surface area (Å²) in [5, 5.41) is 3.61. The molecular formula is C19H25N. The van der Waals surface area contributed by atoms with E-state index in [9.17, 15) is 0 Å². The fourth-order valence-corrected chi connectivity index (χ4v) is 2.60. The molecule has 0 amide bonds. The molecule has 2 aromatic carbocycles. The fraction of sp³-hybridized carbons (Fsp3) is 0.368. The first kappa shape index (κ1) is 14.8. The molecule has 0 heterocycles. The van der Waals surface area contributed by atoms with Crippen molar-refractivity contribution in [2.24, 2.45) is 0 Å². The zero-order chi connectivity index (χ0) is 14.4. The lowest BCUT2D eigenvalue weighted by Gasteiger charge is -2.20. The Labute approximate surface area is 123 Å². The highest BCUT2D eigenvalue weighted by Crippen LogP contribution is 2.21. The smallest absolute Gasteiger partial charge is 0.0360 e. The Morgan fingerprint density at radius 1 is 0.950 bits per heavy atom. The Bertz CT molecular complexity index is 528. The number of hydrogen-bond acceptors (Lipinski definition) is 1. The third-order valence-electron chi connectivity index (χ3n) is 3.93. The number of benzene rings is 2. The van der Waals surface area contributed by atoms with Crippen LogP contribution in [0.3, 0.4) is 0 Å². The lowest BCUT2D eigenvalue weighted by atomic mass is 9.95. The van der Waals surface area contributed by atoms with Gasteiger partial charge in [0.1, 0.15) is 0 Å². The van der Waals surface area contributed by atoms with Crippen molar-refractivity contribution < 1.29 is 0 Å². The summed E-state index contributed by atoms with van der Waals surface area (Å²) in [6.45, 7) is 7.56. The van der Waals surface area contributed by atoms with Gasteiger partial charge in [-0.3, -0.25) is 0 Å². The normalized spacial score (nSPS) is 12.3. The number of hydrogen-bond donors (Lipinski definition) is 1. The van der Waals surface area contributed by atoms with Gasteiger partial charge in [-0.15, -0.1) is 0 Å². The van der Waals surface area contributed by atoms with Gasteiger partial charge in [-0.2, -0.15) is 0 Å². The van der Waals surface area contributed by atoms with Crippen molar-refractivity contribution in [3.05, 3.63) is 70.8 Å². The molecule has 0 aliphatic heterocycles. The molecule has 1 nitrogen and oxygen atoms in total. The van der Waals surface area contributed by atoms with Gasteiger partial charge in [-0.05, 0) is 48.6 Å². The van der Waals surface area contributed by atoms with E-state index in [0.717, 1.165) is 19.4 Å². The number of likely N-dealkylation sites (N-methyl/N-ethyl adjacent to an activating group) is 1. The molecule has 0 bridgehead atoms. The third kappa shape index (κ3) is 3.71. The molecule has 0 aromatic heterocycles. The Morgan fingerprint density at radius 2 is 1.65 bits per heavy atom. The lowest BCUT2D eigenvalue weighted by Crippen LogP contribution is -2.23. The molecule has 0 saturated carbocycles. The number of nitrogens with one attached hydrogen (secondary N) is 1. The van der Waals surface area contributed by atoms with Crippen LogP contribution in [-0.4, -0.2) is 6.54 Å². The van der Waals surface area contributed by atoms with Crippen LogP contribution in [0, 0.1) is 6.92 Å². The Morgan fingerprint density at radius 3 is 2.25 bits per heavy atom. The highest BCUT2D eigenvalue weighted by molar-refractivity contribution is 5.30. The minimum atomic E-state index is 0.395. The van der Waals surface area contributed by atoms with Crippen molar-refractivity contribution in [1.29, 1.82) is 0 Å². The predicted octanol–water partition coefficient (Wildman–Crippen LogP) is 4.45. The maximum absolute atomic E-state index is 3.61. The summed E-state index contributed by atoms with van der Waals surface area (Å²) in [6.07, 6.45) is 2.15. The summed E-state index contributed by atoms with van der Waals surface area (Å²) < 4.78 is 0. The van der Waals surface area contributed by atoms with Gasteiger partial charge in [-0.1, -0.05) is 62.4 Å². The van der Waals surface area contributed by atoms with Crippen molar-refractivity contribution in [1.82, 2.24) is 5.32 Å². The molecule has 1 unspecified atom stereocenters. The zero-order valence-electron chi connectivity index (χ0n) is 12.8. The summed E-state index contributed by atoms with van der Waals surface area (Å²) >= 11 is 0. The van der Waals surface area contributed by atoms with E-state index in [2.05, 4.69) is 74.6 Å². The van der Waals surface area contributed by atoms with Gasteiger partial charge in [0.25, 0.3) is 0 Å². The van der Waals surface area contributed by atoms with E-state index in [-0.39, 0.29) is 0 Å². The van der Waals surface area contributed by atoms with Gasteiger partial charge in [0, 0.05) is 6.04 Å². The second-order valence-corrected chi connectivity index (χ2v) is 5.34. The number of aryl methyl sites for hydroxylation is 2. The molecule has 0 fully saturated rings. The Balaban J connectivity index is 2.19. The summed E-state index contributed by atoms with van der Waals surface area (Å²) in [6, 6.07) is 18.1. The molecular weight excluding hydrogens is 242 g/mol. The first-order valence-corrected chi connectivity index (χ1v) is 7.61. The molecule has 0 aliphatic carbocycles. The molecule has 0 aliphatic rings. The minimum Gasteiger partial charge on any atom is -0.310 e. The Kier molecular flexibility index (Phi) is 5.37. The van der Waals surface area contributed by atoms with Crippen LogP contribution in [0.15, 0.2) is 48.5 Å². The van der Waals surface area contributed by atoms with Crippen LogP contribution in [0.25, 0.3) is 0 Å². The highest BCUT2D eigenvalue weighted by Gasteiger charge is 2.12. The molecule has 0 radical (unpaired) electrons. The highest BCUT2D eigenvalue weighted by atomic mass is 14.9. The van der Waals surface area contributed by atoms with Gasteiger partial charge in [0.05, 0.1) is 0 Å². The second-order valence-electron chi connectivity index (χ2n) is 5.34. The van der Waals surface area contributed by atoms with Crippen LogP contribution in [-0.2, 0) is 12.8 Å². The predicted molar refractivity (Wildman–Crippen MR) is 87.1 cm³/mol. The average molecular weight is 267 g/mol. The van der Waals surface area contributed by atoms with Crippen LogP contribution >= 0.6 is 0 Å². The van der Waals surface area contributed by atoms with E-state index in [1.54, 1.807) is 0 Å². The van der Waals surface area contributed by atoms with Crippen LogP contribution in [0.5, 0.6) is 0 Å². The molecule has 2 rings (SSSR count). The summed E-state index contributed by atoms with van der Waals surface area (Å²) in [7, 11) is 0. The molecule has 106 valence electrons. The van der Waals surface area contributed by atoms with Gasteiger partial charge < -0.3 is 5.32 Å². The van der Waals surface area contributed by atoms with E-state index in [1.165, 1.54) is 22.3 Å². The SMILES string of the molecule is CCNC(Cc1ccccc1C)c1ccc(CC)cc1. The maximum atomic E-state index is 3.61. The molecule has 20 heavy (non-hydrogen) atoms. The molecule has 2 aromatic rings. The summed E-state index contributed by atoms with van der Waals surface area (Å²) in [5.74, 6) is 0. The lowest BCUT2D eigenvalue weighted by molar-refractivity contribution is 0.548. The topological polar surface area (TPSA) is 12.0 Å². The maximum Gasteiger partial charge on any atom is 0.0360 e. The van der Waals surface area contributed by atoms with Crippen molar-refractivity contribution in [3.63, 3.8) is 0 Å². The van der Waals surface area contributed by atoms with Crippen LogP contribution in [0.2, 0.25) is 0 Å². The van der Waals surface area contributed by atoms with Crippen molar-refractivity contribution >= 4 is 0 Å². The van der Waals surface area contributed by atoms with E-state index in [1.807, 2.05) is 0 Å². The first-order valence-electron chi connectivity index (χ1n) is 7.61. The van der Waals surface area contributed by atoms with Gasteiger partial charge >= 0.3 is 0 Å². The summed E-state index contributed by atoms with van der Waals surface area (Å²) in [4.78, 5) is 0. The second kappa shape index (κ2) is 7.25. The molecule has 1 heteroatoms. The van der Waals surface area contributed by atoms with E-state index in [0.29, 0.717) is 6.04 Å². The largest absolute Gasteiger partial charge is 0.310 e. The van der Waals surface area contributed by atoms with E-state index >= 15 is 0 Å². The van der Waals surface area contributed by atoms with Gasteiger partial charge in [0.2, 0.25) is 0 Å². The van der Waals surface area contributed by atoms with E-state index in [4.69, 9.17) is 0 Å².